The first-order valence-electron chi connectivity index (χ1n) is 7.99. The Labute approximate surface area is 140 Å². The van der Waals surface area contributed by atoms with Crippen LogP contribution in [0.2, 0.25) is 0 Å². The molecule has 0 unspecified atom stereocenters. The highest BCUT2D eigenvalue weighted by molar-refractivity contribution is 5.78. The second-order valence-corrected chi connectivity index (χ2v) is 5.72. The third-order valence-electron chi connectivity index (χ3n) is 4.16. The quantitative estimate of drug-likeness (QED) is 0.916. The van der Waals surface area contributed by atoms with E-state index in [1.807, 2.05) is 24.1 Å². The minimum absolute atomic E-state index is 0.0312. The molecule has 1 aromatic carbocycles. The second kappa shape index (κ2) is 7.29. The molecule has 1 aliphatic rings. The van der Waals surface area contributed by atoms with Crippen molar-refractivity contribution >= 4 is 11.7 Å². The maximum absolute atomic E-state index is 13.2. The molecule has 0 saturated carbocycles. The van der Waals surface area contributed by atoms with Crippen molar-refractivity contribution in [3.05, 3.63) is 54.0 Å². The van der Waals surface area contributed by atoms with Gasteiger partial charge in [-0.3, -0.25) is 4.79 Å². The lowest BCUT2D eigenvalue weighted by Gasteiger charge is -2.25. The molecule has 126 valence electrons. The number of benzene rings is 1. The molecular formula is C18H20FN3O2. The van der Waals surface area contributed by atoms with Crippen molar-refractivity contribution in [3.63, 3.8) is 0 Å². The van der Waals surface area contributed by atoms with Crippen LogP contribution in [0.3, 0.4) is 0 Å². The molecule has 1 atom stereocenters. The van der Waals surface area contributed by atoms with Gasteiger partial charge in [-0.1, -0.05) is 6.07 Å². The first-order valence-corrected chi connectivity index (χ1v) is 7.99. The number of carbonyl (C=O) groups excluding carboxylic acids is 1. The number of aromatic nitrogens is 1. The number of carbonyl (C=O) groups is 1. The number of pyridine rings is 1. The van der Waals surface area contributed by atoms with E-state index < -0.39 is 0 Å². The van der Waals surface area contributed by atoms with E-state index in [9.17, 15) is 9.18 Å². The predicted octanol–water partition coefficient (Wildman–Crippen LogP) is 3.00. The Kier molecular flexibility index (Phi) is 4.93. The van der Waals surface area contributed by atoms with E-state index in [-0.39, 0.29) is 24.4 Å². The van der Waals surface area contributed by atoms with Crippen LogP contribution in [0.1, 0.15) is 24.4 Å². The van der Waals surface area contributed by atoms with Gasteiger partial charge in [0.2, 0.25) is 0 Å². The summed E-state index contributed by atoms with van der Waals surface area (Å²) in [7, 11) is 1.82. The van der Waals surface area contributed by atoms with Gasteiger partial charge in [-0.15, -0.1) is 0 Å². The maximum Gasteiger partial charge on any atom is 0.261 e. The van der Waals surface area contributed by atoms with Crippen LogP contribution in [0, 0.1) is 5.82 Å². The van der Waals surface area contributed by atoms with Crippen molar-refractivity contribution < 1.29 is 13.9 Å². The van der Waals surface area contributed by atoms with E-state index in [1.165, 1.54) is 12.1 Å². The van der Waals surface area contributed by atoms with Gasteiger partial charge in [0.15, 0.2) is 6.61 Å². The summed E-state index contributed by atoms with van der Waals surface area (Å²) in [4.78, 5) is 18.6. The molecule has 1 amide bonds. The van der Waals surface area contributed by atoms with Gasteiger partial charge in [0.05, 0.1) is 6.04 Å². The Balaban J connectivity index is 1.67. The summed E-state index contributed by atoms with van der Waals surface area (Å²) < 4.78 is 18.6. The van der Waals surface area contributed by atoms with Crippen molar-refractivity contribution in [2.75, 3.05) is 25.5 Å². The number of nitrogens with zero attached hydrogens (tertiary/aromatic N) is 2. The summed E-state index contributed by atoms with van der Waals surface area (Å²) in [6.07, 6.45) is 3.61. The van der Waals surface area contributed by atoms with Crippen LogP contribution in [-0.2, 0) is 4.79 Å². The van der Waals surface area contributed by atoms with Crippen LogP contribution in [0.4, 0.5) is 10.2 Å². The molecule has 0 spiro atoms. The first-order chi connectivity index (χ1) is 11.7. The van der Waals surface area contributed by atoms with Crippen LogP contribution in [-0.4, -0.2) is 36.0 Å². The minimum atomic E-state index is -0.379. The zero-order valence-electron chi connectivity index (χ0n) is 13.5. The number of halogens is 1. The zero-order valence-corrected chi connectivity index (χ0v) is 13.5. The molecule has 5 nitrogen and oxygen atoms in total. The summed E-state index contributed by atoms with van der Waals surface area (Å²) in [6, 6.07) is 9.74. The SMILES string of the molecule is CNc1cc([C@H]2CCCN2C(=O)COc2cccc(F)c2)ccn1. The summed E-state index contributed by atoms with van der Waals surface area (Å²) in [5.41, 5.74) is 1.06. The number of amides is 1. The van der Waals surface area contributed by atoms with Gasteiger partial charge in [0, 0.05) is 25.9 Å². The molecule has 1 aromatic heterocycles. The Morgan fingerprint density at radius 1 is 1.42 bits per heavy atom. The van der Waals surface area contributed by atoms with Crippen molar-refractivity contribution in [2.45, 2.75) is 18.9 Å². The summed E-state index contributed by atoms with van der Waals surface area (Å²) in [5, 5.41) is 3.01. The fraction of sp³-hybridized carbons (Fsp3) is 0.333. The van der Waals surface area contributed by atoms with Crippen molar-refractivity contribution in [1.29, 1.82) is 0 Å². The topological polar surface area (TPSA) is 54.5 Å². The highest BCUT2D eigenvalue weighted by atomic mass is 19.1. The Bertz CT molecular complexity index is 723. The molecule has 1 N–H and O–H groups in total. The lowest BCUT2D eigenvalue weighted by molar-refractivity contribution is -0.134. The summed E-state index contributed by atoms with van der Waals surface area (Å²) in [6.45, 7) is 0.608. The number of hydrogen-bond acceptors (Lipinski definition) is 4. The largest absolute Gasteiger partial charge is 0.484 e. The molecule has 2 aromatic rings. The Morgan fingerprint density at radius 2 is 2.29 bits per heavy atom. The predicted molar refractivity (Wildman–Crippen MR) is 89.4 cm³/mol. The molecule has 0 aliphatic carbocycles. The number of likely N-dealkylation sites (tertiary alicyclic amines) is 1. The Hall–Kier alpha value is -2.63. The van der Waals surface area contributed by atoms with Gasteiger partial charge in [-0.2, -0.15) is 0 Å². The van der Waals surface area contributed by atoms with Crippen LogP contribution < -0.4 is 10.1 Å². The fourth-order valence-electron chi connectivity index (χ4n) is 2.99. The standard InChI is InChI=1S/C18H20FN3O2/c1-20-17-10-13(7-8-21-17)16-6-3-9-22(16)18(23)12-24-15-5-2-4-14(19)11-15/h2,4-5,7-8,10-11,16H,3,6,9,12H2,1H3,(H,20,21)/t16-/m1/s1. The van der Waals surface area contributed by atoms with Gasteiger partial charge >= 0.3 is 0 Å². The van der Waals surface area contributed by atoms with E-state index in [0.29, 0.717) is 12.3 Å². The highest BCUT2D eigenvalue weighted by Gasteiger charge is 2.30. The van der Waals surface area contributed by atoms with Gasteiger partial charge in [-0.25, -0.2) is 9.37 Å². The van der Waals surface area contributed by atoms with Gasteiger partial charge in [-0.05, 0) is 42.7 Å². The number of ether oxygens (including phenoxy) is 1. The molecule has 6 heteroatoms. The third kappa shape index (κ3) is 3.64. The smallest absolute Gasteiger partial charge is 0.261 e. The normalized spacial score (nSPS) is 16.9. The molecule has 3 rings (SSSR count). The van der Waals surface area contributed by atoms with Crippen LogP contribution in [0.5, 0.6) is 5.75 Å². The average molecular weight is 329 g/mol. The molecule has 2 heterocycles. The van der Waals surface area contributed by atoms with Crippen molar-refractivity contribution in [3.8, 4) is 5.75 Å². The Morgan fingerprint density at radius 3 is 3.08 bits per heavy atom. The van der Waals surface area contributed by atoms with Crippen LogP contribution in [0.25, 0.3) is 0 Å². The molecule has 0 bridgehead atoms. The van der Waals surface area contributed by atoms with E-state index in [0.717, 1.165) is 24.2 Å². The van der Waals surface area contributed by atoms with E-state index >= 15 is 0 Å². The van der Waals surface area contributed by atoms with Crippen molar-refractivity contribution in [1.82, 2.24) is 9.88 Å². The zero-order chi connectivity index (χ0) is 16.9. The lowest BCUT2D eigenvalue weighted by atomic mass is 10.1. The highest BCUT2D eigenvalue weighted by Crippen LogP contribution is 2.32. The molecule has 0 radical (unpaired) electrons. The molecule has 24 heavy (non-hydrogen) atoms. The second-order valence-electron chi connectivity index (χ2n) is 5.72. The average Bonchev–Trinajstić information content (AvgIpc) is 3.09. The summed E-state index contributed by atoms with van der Waals surface area (Å²) in [5.74, 6) is 0.670. The number of anilines is 1. The number of rotatable bonds is 5. The van der Waals surface area contributed by atoms with Gasteiger partial charge in [0.25, 0.3) is 5.91 Å². The van der Waals surface area contributed by atoms with E-state index in [1.54, 1.807) is 18.3 Å². The van der Waals surface area contributed by atoms with E-state index in [4.69, 9.17) is 4.74 Å². The lowest BCUT2D eigenvalue weighted by Crippen LogP contribution is -2.34. The third-order valence-corrected chi connectivity index (χ3v) is 4.16. The molecule has 1 fully saturated rings. The first kappa shape index (κ1) is 16.2. The number of hydrogen-bond donors (Lipinski definition) is 1. The van der Waals surface area contributed by atoms with Crippen LogP contribution >= 0.6 is 0 Å². The van der Waals surface area contributed by atoms with E-state index in [2.05, 4.69) is 10.3 Å². The van der Waals surface area contributed by atoms with Gasteiger partial charge in [0.1, 0.15) is 17.4 Å². The monoisotopic (exact) mass is 329 g/mol. The fourth-order valence-corrected chi connectivity index (χ4v) is 2.99. The molecule has 1 aliphatic heterocycles. The van der Waals surface area contributed by atoms with Crippen molar-refractivity contribution in [2.24, 2.45) is 0 Å². The van der Waals surface area contributed by atoms with Crippen LogP contribution in [0.15, 0.2) is 42.6 Å². The number of nitrogens with one attached hydrogen (secondary N) is 1. The minimum Gasteiger partial charge on any atom is -0.484 e. The summed E-state index contributed by atoms with van der Waals surface area (Å²) >= 11 is 0. The molecule has 1 saturated heterocycles. The maximum atomic E-state index is 13.2. The molecular weight excluding hydrogens is 309 g/mol. The van der Waals surface area contributed by atoms with Gasteiger partial charge < -0.3 is 15.0 Å².